The van der Waals surface area contributed by atoms with E-state index < -0.39 is 0 Å². The van der Waals surface area contributed by atoms with E-state index in [1.54, 1.807) is 0 Å². The van der Waals surface area contributed by atoms with Gasteiger partial charge in [-0.2, -0.15) is 0 Å². The topological polar surface area (TPSA) is 29.9 Å². The minimum atomic E-state index is 0.0977. The van der Waals surface area contributed by atoms with Gasteiger partial charge in [0.2, 0.25) is 0 Å². The number of hydrogen-bond donors (Lipinski definition) is 1. The molecule has 3 nitrogen and oxygen atoms in total. The summed E-state index contributed by atoms with van der Waals surface area (Å²) < 4.78 is 2.41. The van der Waals surface area contributed by atoms with Crippen molar-refractivity contribution in [3.8, 4) is 22.4 Å². The van der Waals surface area contributed by atoms with Crippen LogP contribution in [0.4, 0.5) is 5.69 Å². The van der Waals surface area contributed by atoms with E-state index in [4.69, 9.17) is 4.98 Å². The molecule has 3 heterocycles. The van der Waals surface area contributed by atoms with Gasteiger partial charge in [-0.05, 0) is 99.2 Å². The fourth-order valence-corrected chi connectivity index (χ4v) is 10.1. The Morgan fingerprint density at radius 1 is 0.508 bits per heavy atom. The second-order valence-corrected chi connectivity index (χ2v) is 17.0. The minimum absolute atomic E-state index is 0.0977. The lowest BCUT2D eigenvalue weighted by molar-refractivity contribution is 0.815. The molecule has 1 N–H and O–H groups in total. The van der Waals surface area contributed by atoms with Crippen LogP contribution in [0.15, 0.2) is 212 Å². The predicted octanol–water partition coefficient (Wildman–Crippen LogP) is 13.5. The quantitative estimate of drug-likeness (QED) is 0.174. The summed E-state index contributed by atoms with van der Waals surface area (Å²) in [5.41, 5.74) is 16.9. The average molecular weight is 808 g/mol. The first-order valence-corrected chi connectivity index (χ1v) is 22.2. The number of rotatable bonds is 7. The Morgan fingerprint density at radius 2 is 1.16 bits per heavy atom. The van der Waals surface area contributed by atoms with Crippen molar-refractivity contribution in [3.05, 3.63) is 251 Å². The molecule has 0 saturated carbocycles. The number of fused-ring (bicyclic) bond motifs is 6. The smallest absolute Gasteiger partial charge is 0.0711 e. The molecule has 2 aliphatic carbocycles. The largest absolute Gasteiger partial charge is 0.374 e. The summed E-state index contributed by atoms with van der Waals surface area (Å²) in [4.78, 5) is 5.35. The first-order chi connectivity index (χ1) is 31.2. The van der Waals surface area contributed by atoms with E-state index in [1.165, 1.54) is 82.6 Å². The van der Waals surface area contributed by atoms with Gasteiger partial charge in [0.25, 0.3) is 0 Å². The number of aromatic nitrogens is 2. The number of benzene rings is 7. The van der Waals surface area contributed by atoms with E-state index >= 15 is 0 Å². The molecule has 0 spiro atoms. The van der Waals surface area contributed by atoms with E-state index in [2.05, 4.69) is 234 Å². The van der Waals surface area contributed by atoms with E-state index in [1.807, 2.05) is 0 Å². The molecule has 12 rings (SSSR count). The van der Waals surface area contributed by atoms with Crippen LogP contribution in [0.3, 0.4) is 0 Å². The monoisotopic (exact) mass is 807 g/mol. The predicted molar refractivity (Wildman–Crippen MR) is 264 cm³/mol. The van der Waals surface area contributed by atoms with Crippen molar-refractivity contribution in [1.29, 1.82) is 0 Å². The number of nitrogens with one attached hydrogen (secondary N) is 1. The number of anilines is 1. The third-order valence-corrected chi connectivity index (χ3v) is 13.3. The van der Waals surface area contributed by atoms with Gasteiger partial charge in [-0.25, -0.2) is 0 Å². The molecular weight excluding hydrogens is 763 g/mol. The number of allylic oxidation sites excluding steroid dienone is 4. The van der Waals surface area contributed by atoms with Crippen molar-refractivity contribution in [3.63, 3.8) is 0 Å². The van der Waals surface area contributed by atoms with Gasteiger partial charge in [-0.3, -0.25) is 4.98 Å². The summed E-state index contributed by atoms with van der Waals surface area (Å²) in [5, 5.41) is 9.04. The fourth-order valence-electron chi connectivity index (χ4n) is 10.1. The molecule has 7 aromatic carbocycles. The van der Waals surface area contributed by atoms with Gasteiger partial charge in [-0.15, -0.1) is 0 Å². The van der Waals surface area contributed by atoms with Crippen LogP contribution in [0.1, 0.15) is 58.7 Å². The summed E-state index contributed by atoms with van der Waals surface area (Å²) in [6.45, 7) is 0. The number of nitrogens with zero attached hydrogens (tertiary/aromatic N) is 2. The van der Waals surface area contributed by atoms with Gasteiger partial charge in [0.15, 0.2) is 0 Å². The Morgan fingerprint density at radius 3 is 1.89 bits per heavy atom. The molecule has 0 amide bonds. The maximum Gasteiger partial charge on any atom is 0.0711 e. The lowest BCUT2D eigenvalue weighted by Gasteiger charge is -2.29. The molecule has 0 bridgehead atoms. The van der Waals surface area contributed by atoms with Crippen LogP contribution < -0.4 is 15.8 Å². The van der Waals surface area contributed by atoms with Crippen LogP contribution in [0, 0.1) is 0 Å². The van der Waals surface area contributed by atoms with Crippen LogP contribution in [-0.4, -0.2) is 9.55 Å². The highest BCUT2D eigenvalue weighted by Gasteiger charge is 2.25. The average Bonchev–Trinajstić information content (AvgIpc) is 3.71. The van der Waals surface area contributed by atoms with Crippen molar-refractivity contribution in [2.45, 2.75) is 30.7 Å². The van der Waals surface area contributed by atoms with Crippen molar-refractivity contribution in [1.82, 2.24) is 9.55 Å². The van der Waals surface area contributed by atoms with E-state index in [9.17, 15) is 0 Å². The summed E-state index contributed by atoms with van der Waals surface area (Å²) in [6, 6.07) is 68.2. The molecule has 3 heteroatoms. The number of para-hydroxylation sites is 2. The molecule has 300 valence electrons. The zero-order valence-electron chi connectivity index (χ0n) is 34.9. The molecular formula is C60H45N3. The maximum absolute atomic E-state index is 5.35. The molecule has 3 unspecified atom stereocenters. The van der Waals surface area contributed by atoms with E-state index in [0.717, 1.165) is 29.8 Å². The molecule has 9 aromatic rings. The normalized spacial score (nSPS) is 17.7. The van der Waals surface area contributed by atoms with Gasteiger partial charge >= 0.3 is 0 Å². The van der Waals surface area contributed by atoms with Crippen molar-refractivity contribution >= 4 is 50.9 Å². The molecule has 0 fully saturated rings. The van der Waals surface area contributed by atoms with Crippen LogP contribution in [-0.2, 0) is 0 Å². The van der Waals surface area contributed by atoms with Crippen molar-refractivity contribution in [2.24, 2.45) is 0 Å². The molecule has 0 radical (unpaired) electrons. The number of pyridine rings is 1. The third kappa shape index (κ3) is 6.74. The Hall–Kier alpha value is -7.75. The van der Waals surface area contributed by atoms with Crippen LogP contribution >= 0.6 is 0 Å². The molecule has 2 aromatic heterocycles. The molecule has 3 aliphatic rings. The van der Waals surface area contributed by atoms with Gasteiger partial charge in [0.1, 0.15) is 0 Å². The van der Waals surface area contributed by atoms with Crippen LogP contribution in [0.5, 0.6) is 0 Å². The van der Waals surface area contributed by atoms with Crippen LogP contribution in [0.2, 0.25) is 0 Å². The minimum Gasteiger partial charge on any atom is -0.374 e. The standard InChI is InChI=1S/C60H45N3/c1-4-15-40(16-5-1)53-39-57(42-19-8-3-9-20-42)61-54-34-30-47-36-46(29-33-50(47)60(53)54)44-21-14-22-45(35-44)48-37-55(41-17-6-2-7-18-41)62-56(38-48)43-27-31-49(32-28-43)63-58-25-12-10-23-51(58)52-24-11-13-26-59(52)63/h1-27,30-39,43,46,57,61H,28-29H2. The molecule has 1 aliphatic heterocycles. The highest BCUT2D eigenvalue weighted by Crippen LogP contribution is 2.40. The first kappa shape index (κ1) is 37.0. The zero-order valence-corrected chi connectivity index (χ0v) is 34.9. The van der Waals surface area contributed by atoms with E-state index in [0.29, 0.717) is 0 Å². The van der Waals surface area contributed by atoms with Crippen molar-refractivity contribution < 1.29 is 0 Å². The van der Waals surface area contributed by atoms with E-state index in [-0.39, 0.29) is 17.9 Å². The summed E-state index contributed by atoms with van der Waals surface area (Å²) in [5.74, 6) is 0.414. The second kappa shape index (κ2) is 15.6. The lowest BCUT2D eigenvalue weighted by atomic mass is 9.83. The molecule has 3 atom stereocenters. The number of hydrogen-bond acceptors (Lipinski definition) is 2. The Kier molecular flexibility index (Phi) is 9.18. The fraction of sp³-hybridized carbons (Fsp3) is 0.0833. The Labute approximate surface area is 368 Å². The second-order valence-electron chi connectivity index (χ2n) is 17.0. The lowest BCUT2D eigenvalue weighted by Crippen LogP contribution is -2.34. The molecule has 63 heavy (non-hydrogen) atoms. The van der Waals surface area contributed by atoms with Gasteiger partial charge < -0.3 is 9.88 Å². The maximum atomic E-state index is 5.35. The Bertz CT molecular complexity index is 3370. The first-order valence-electron chi connectivity index (χ1n) is 22.2. The van der Waals surface area contributed by atoms with Crippen molar-refractivity contribution in [2.75, 3.05) is 5.32 Å². The van der Waals surface area contributed by atoms with Gasteiger partial charge in [-0.1, -0.05) is 182 Å². The third-order valence-electron chi connectivity index (χ3n) is 13.3. The highest BCUT2D eigenvalue weighted by molar-refractivity contribution is 6.10. The zero-order chi connectivity index (χ0) is 41.7. The summed E-state index contributed by atoms with van der Waals surface area (Å²) in [6.07, 6.45) is 16.2. The Balaban J connectivity index is 0.888. The summed E-state index contributed by atoms with van der Waals surface area (Å²) in [7, 11) is 0. The SMILES string of the molecule is C1=CC(c2cc(-c3cccc(C4C=c5ccc6c(c5=CC4)C(c4ccccc4)=CC(c4ccccc4)N6)c3)cc(-c3ccccc3)n2)CC=C1n1c2ccccc2c2ccccc21. The summed E-state index contributed by atoms with van der Waals surface area (Å²) >= 11 is 0. The molecule has 0 saturated heterocycles. The van der Waals surface area contributed by atoms with Crippen LogP contribution in [0.25, 0.3) is 67.6 Å². The highest BCUT2D eigenvalue weighted by atomic mass is 15.0. The van der Waals surface area contributed by atoms with Gasteiger partial charge in [0.05, 0.1) is 22.8 Å². The van der Waals surface area contributed by atoms with Gasteiger partial charge in [0, 0.05) is 50.8 Å².